The number of benzene rings is 1. The van der Waals surface area contributed by atoms with Gasteiger partial charge in [-0.05, 0) is 30.5 Å². The lowest BCUT2D eigenvalue weighted by molar-refractivity contribution is -0.133. The molecule has 1 aromatic heterocycles. The Hall–Kier alpha value is -2.22. The van der Waals surface area contributed by atoms with Crippen LogP contribution in [-0.4, -0.2) is 44.6 Å². The van der Waals surface area contributed by atoms with E-state index < -0.39 is 0 Å². The van der Waals surface area contributed by atoms with Crippen molar-refractivity contribution in [2.75, 3.05) is 18.4 Å². The first kappa shape index (κ1) is 21.1. The molecule has 0 aliphatic carbocycles. The highest BCUT2D eigenvalue weighted by atomic mass is 79.9. The zero-order chi connectivity index (χ0) is 19.6. The Labute approximate surface area is 168 Å². The van der Waals surface area contributed by atoms with E-state index in [2.05, 4.69) is 31.3 Å². The predicted octanol–water partition coefficient (Wildman–Crippen LogP) is 3.46. The van der Waals surface area contributed by atoms with Crippen molar-refractivity contribution in [1.82, 2.24) is 19.7 Å². The molecule has 0 radical (unpaired) electrons. The van der Waals surface area contributed by atoms with Gasteiger partial charge in [-0.25, -0.2) is 9.67 Å². The summed E-state index contributed by atoms with van der Waals surface area (Å²) < 4.78 is 2.66. The van der Waals surface area contributed by atoms with Gasteiger partial charge in [0.15, 0.2) is 0 Å². The van der Waals surface area contributed by atoms with Crippen LogP contribution in [0.4, 0.5) is 5.95 Å². The molecule has 0 aliphatic heterocycles. The summed E-state index contributed by atoms with van der Waals surface area (Å²) >= 11 is 3.44. The number of nitrogens with one attached hydrogen (secondary N) is 1. The van der Waals surface area contributed by atoms with Crippen molar-refractivity contribution in [2.45, 2.75) is 46.1 Å². The number of rotatable bonds is 10. The van der Waals surface area contributed by atoms with Gasteiger partial charge in [-0.15, -0.1) is 5.10 Å². The van der Waals surface area contributed by atoms with Crippen molar-refractivity contribution in [3.63, 3.8) is 0 Å². The normalized spacial score (nSPS) is 10.6. The van der Waals surface area contributed by atoms with Gasteiger partial charge < -0.3 is 4.90 Å². The molecule has 0 saturated carbocycles. The molecule has 2 amide bonds. The van der Waals surface area contributed by atoms with Crippen molar-refractivity contribution < 1.29 is 9.59 Å². The third kappa shape index (κ3) is 7.13. The third-order valence-electron chi connectivity index (χ3n) is 3.93. The Kier molecular flexibility index (Phi) is 8.44. The minimum atomic E-state index is -0.253. The van der Waals surface area contributed by atoms with Gasteiger partial charge in [0.1, 0.15) is 6.33 Å². The number of carbonyl (C=O) groups excluding carboxylic acids is 2. The molecule has 0 atom stereocenters. The molecule has 27 heavy (non-hydrogen) atoms. The first-order valence-electron chi connectivity index (χ1n) is 9.23. The molecule has 0 bridgehead atoms. The van der Waals surface area contributed by atoms with Crippen molar-refractivity contribution in [1.29, 1.82) is 0 Å². The quantitative estimate of drug-likeness (QED) is 0.619. The minimum absolute atomic E-state index is 0.0157. The second-order valence-electron chi connectivity index (χ2n) is 6.32. The topological polar surface area (TPSA) is 80.1 Å². The molecule has 0 fully saturated rings. The Morgan fingerprint density at radius 2 is 1.93 bits per heavy atom. The molecular formula is C19H26BrN5O2. The van der Waals surface area contributed by atoms with E-state index in [9.17, 15) is 9.59 Å². The highest BCUT2D eigenvalue weighted by Gasteiger charge is 2.14. The van der Waals surface area contributed by atoms with Crippen molar-refractivity contribution >= 4 is 33.7 Å². The van der Waals surface area contributed by atoms with Crippen LogP contribution in [0.1, 0.15) is 45.1 Å². The number of aromatic nitrogens is 3. The molecule has 1 heterocycles. The third-order valence-corrected chi connectivity index (χ3v) is 4.42. The van der Waals surface area contributed by atoms with Crippen LogP contribution >= 0.6 is 15.9 Å². The van der Waals surface area contributed by atoms with Gasteiger partial charge in [0.05, 0.1) is 6.54 Å². The van der Waals surface area contributed by atoms with Crippen molar-refractivity contribution in [3.8, 4) is 0 Å². The first-order valence-corrected chi connectivity index (χ1v) is 10.0. The number of anilines is 1. The summed E-state index contributed by atoms with van der Waals surface area (Å²) in [7, 11) is 0. The number of hydrogen-bond donors (Lipinski definition) is 1. The summed E-state index contributed by atoms with van der Waals surface area (Å²) in [6.07, 6.45) is 3.73. The number of carbonyl (C=O) groups is 2. The maximum Gasteiger partial charge on any atom is 0.248 e. The zero-order valence-corrected chi connectivity index (χ0v) is 17.4. The number of halogens is 1. The van der Waals surface area contributed by atoms with E-state index in [0.29, 0.717) is 6.54 Å². The lowest BCUT2D eigenvalue weighted by Gasteiger charge is -2.21. The van der Waals surface area contributed by atoms with Crippen molar-refractivity contribution in [2.24, 2.45) is 0 Å². The molecule has 0 unspecified atom stereocenters. The SMILES string of the molecule is CCCN(CCC)C(=O)CCC(=O)Nc1ncn(Cc2cccc(Br)c2)n1. The Morgan fingerprint density at radius 1 is 1.19 bits per heavy atom. The lowest BCUT2D eigenvalue weighted by atomic mass is 10.2. The smallest absolute Gasteiger partial charge is 0.248 e. The van der Waals surface area contributed by atoms with Gasteiger partial charge in [-0.3, -0.25) is 14.9 Å². The standard InChI is InChI=1S/C19H26BrN5O2/c1-3-10-24(11-4-2)18(27)9-8-17(26)22-19-21-14-25(23-19)13-15-6-5-7-16(20)12-15/h5-7,12,14H,3-4,8-11,13H2,1-2H3,(H,22,23,26). The van der Waals surface area contributed by atoms with Crippen LogP contribution in [0.2, 0.25) is 0 Å². The van der Waals surface area contributed by atoms with E-state index in [-0.39, 0.29) is 30.6 Å². The van der Waals surface area contributed by atoms with Crippen LogP contribution in [-0.2, 0) is 16.1 Å². The van der Waals surface area contributed by atoms with E-state index in [0.717, 1.165) is 36.0 Å². The maximum absolute atomic E-state index is 12.2. The molecule has 0 aliphatic rings. The van der Waals surface area contributed by atoms with Crippen LogP contribution in [0.25, 0.3) is 0 Å². The fourth-order valence-corrected chi connectivity index (χ4v) is 3.16. The average molecular weight is 436 g/mol. The van der Waals surface area contributed by atoms with Crippen LogP contribution in [0.5, 0.6) is 0 Å². The predicted molar refractivity (Wildman–Crippen MR) is 108 cm³/mol. The van der Waals surface area contributed by atoms with E-state index in [4.69, 9.17) is 0 Å². The molecule has 0 saturated heterocycles. The fourth-order valence-electron chi connectivity index (χ4n) is 2.72. The largest absolute Gasteiger partial charge is 0.343 e. The van der Waals surface area contributed by atoms with Gasteiger partial charge in [-0.2, -0.15) is 0 Å². The Morgan fingerprint density at radius 3 is 2.59 bits per heavy atom. The van der Waals surface area contributed by atoms with E-state index in [1.807, 2.05) is 43.0 Å². The monoisotopic (exact) mass is 435 g/mol. The van der Waals surface area contributed by atoms with E-state index >= 15 is 0 Å². The zero-order valence-electron chi connectivity index (χ0n) is 15.8. The summed E-state index contributed by atoms with van der Waals surface area (Å²) in [6, 6.07) is 7.91. The van der Waals surface area contributed by atoms with Crippen LogP contribution in [0.3, 0.4) is 0 Å². The van der Waals surface area contributed by atoms with Gasteiger partial charge in [-0.1, -0.05) is 41.9 Å². The summed E-state index contributed by atoms with van der Waals surface area (Å²) in [6.45, 7) is 6.10. The van der Waals surface area contributed by atoms with Gasteiger partial charge in [0, 0.05) is 30.4 Å². The van der Waals surface area contributed by atoms with Crippen LogP contribution in [0, 0.1) is 0 Å². The number of hydrogen-bond acceptors (Lipinski definition) is 4. The second kappa shape index (κ2) is 10.8. The van der Waals surface area contributed by atoms with E-state index in [1.54, 1.807) is 11.0 Å². The van der Waals surface area contributed by atoms with Gasteiger partial charge >= 0.3 is 0 Å². The highest BCUT2D eigenvalue weighted by molar-refractivity contribution is 9.10. The number of amides is 2. The molecule has 1 aromatic carbocycles. The first-order chi connectivity index (χ1) is 13.0. The van der Waals surface area contributed by atoms with Gasteiger partial charge in [0.2, 0.25) is 17.8 Å². The van der Waals surface area contributed by atoms with Crippen LogP contribution < -0.4 is 5.32 Å². The molecular weight excluding hydrogens is 410 g/mol. The molecule has 2 rings (SSSR count). The summed E-state index contributed by atoms with van der Waals surface area (Å²) in [5, 5.41) is 6.92. The molecule has 8 heteroatoms. The molecule has 146 valence electrons. The van der Waals surface area contributed by atoms with Crippen molar-refractivity contribution in [3.05, 3.63) is 40.6 Å². The van der Waals surface area contributed by atoms with E-state index in [1.165, 1.54) is 0 Å². The maximum atomic E-state index is 12.2. The Bertz CT molecular complexity index is 756. The van der Waals surface area contributed by atoms with Crippen LogP contribution in [0.15, 0.2) is 35.1 Å². The molecule has 0 spiro atoms. The number of nitrogens with zero attached hydrogens (tertiary/aromatic N) is 4. The molecule has 2 aromatic rings. The molecule has 7 nitrogen and oxygen atoms in total. The van der Waals surface area contributed by atoms with Gasteiger partial charge in [0.25, 0.3) is 0 Å². The summed E-state index contributed by atoms with van der Waals surface area (Å²) in [5.41, 5.74) is 1.07. The minimum Gasteiger partial charge on any atom is -0.343 e. The lowest BCUT2D eigenvalue weighted by Crippen LogP contribution is -2.33. The highest BCUT2D eigenvalue weighted by Crippen LogP contribution is 2.12. The summed E-state index contributed by atoms with van der Waals surface area (Å²) in [5.74, 6) is 0.0138. The average Bonchev–Trinajstić information content (AvgIpc) is 3.06. The fraction of sp³-hybridized carbons (Fsp3) is 0.474. The second-order valence-corrected chi connectivity index (χ2v) is 7.24. The summed E-state index contributed by atoms with van der Waals surface area (Å²) in [4.78, 5) is 30.2. The molecule has 1 N–H and O–H groups in total. The Balaban J connectivity index is 1.82.